The molecule has 1 aromatic rings. The standard InChI is InChI=1S/C7H8ClFN2OS/c1-4-3-13-5(11-4)2-10-7(12)6(8)9/h3,6H,2H2,1H3,(H,10,12). The maximum Gasteiger partial charge on any atom is 0.270 e. The van der Waals surface area contributed by atoms with Crippen LogP contribution in [0.2, 0.25) is 0 Å². The summed E-state index contributed by atoms with van der Waals surface area (Å²) in [7, 11) is 0. The number of alkyl halides is 2. The fraction of sp³-hybridized carbons (Fsp3) is 0.429. The van der Waals surface area contributed by atoms with E-state index in [1.807, 2.05) is 12.3 Å². The van der Waals surface area contributed by atoms with Crippen molar-refractivity contribution in [3.05, 3.63) is 16.1 Å². The molecule has 13 heavy (non-hydrogen) atoms. The average Bonchev–Trinajstić information content (AvgIpc) is 2.47. The highest BCUT2D eigenvalue weighted by Gasteiger charge is 2.12. The van der Waals surface area contributed by atoms with Crippen LogP contribution < -0.4 is 5.32 Å². The summed E-state index contributed by atoms with van der Waals surface area (Å²) in [5.74, 6) is -0.825. The molecule has 0 saturated heterocycles. The molecule has 0 aliphatic carbocycles. The van der Waals surface area contributed by atoms with E-state index in [4.69, 9.17) is 11.6 Å². The van der Waals surface area contributed by atoms with Gasteiger partial charge in [0.05, 0.1) is 6.54 Å². The van der Waals surface area contributed by atoms with Crippen LogP contribution in [0.3, 0.4) is 0 Å². The normalized spacial score (nSPS) is 12.5. The van der Waals surface area contributed by atoms with E-state index in [9.17, 15) is 9.18 Å². The molecular formula is C7H8ClFN2OS. The Bertz CT molecular complexity index is 302. The Labute approximate surface area is 83.9 Å². The molecule has 72 valence electrons. The fourth-order valence-corrected chi connectivity index (χ4v) is 1.51. The van der Waals surface area contributed by atoms with Crippen LogP contribution in [0.4, 0.5) is 4.39 Å². The molecule has 1 amide bonds. The molecular weight excluding hydrogens is 215 g/mol. The van der Waals surface area contributed by atoms with Crippen molar-refractivity contribution in [2.75, 3.05) is 0 Å². The average molecular weight is 223 g/mol. The van der Waals surface area contributed by atoms with Gasteiger partial charge in [-0.15, -0.1) is 11.3 Å². The summed E-state index contributed by atoms with van der Waals surface area (Å²) in [5.41, 5.74) is -1.10. The van der Waals surface area contributed by atoms with Gasteiger partial charge in [0.15, 0.2) is 0 Å². The Hall–Kier alpha value is -0.680. The van der Waals surface area contributed by atoms with Gasteiger partial charge >= 0.3 is 0 Å². The Kier molecular flexibility index (Phi) is 3.62. The second kappa shape index (κ2) is 4.53. The number of aryl methyl sites for hydroxylation is 1. The van der Waals surface area contributed by atoms with E-state index in [0.717, 1.165) is 10.7 Å². The molecule has 1 N–H and O–H groups in total. The minimum Gasteiger partial charge on any atom is -0.346 e. The third kappa shape index (κ3) is 3.28. The lowest BCUT2D eigenvalue weighted by Gasteiger charge is -2.00. The molecule has 0 bridgehead atoms. The number of carbonyl (C=O) groups excluding carboxylic acids is 1. The van der Waals surface area contributed by atoms with Gasteiger partial charge in [-0.25, -0.2) is 9.37 Å². The molecule has 0 aromatic carbocycles. The van der Waals surface area contributed by atoms with Gasteiger partial charge in [-0.05, 0) is 6.92 Å². The van der Waals surface area contributed by atoms with Gasteiger partial charge < -0.3 is 5.32 Å². The summed E-state index contributed by atoms with van der Waals surface area (Å²) < 4.78 is 12.1. The Morgan fingerprint density at radius 1 is 1.92 bits per heavy atom. The highest BCUT2D eigenvalue weighted by atomic mass is 35.5. The molecule has 0 saturated carbocycles. The third-order valence-corrected chi connectivity index (χ3v) is 2.44. The Morgan fingerprint density at radius 2 is 2.62 bits per heavy atom. The summed E-state index contributed by atoms with van der Waals surface area (Å²) in [6.07, 6.45) is 0. The van der Waals surface area contributed by atoms with Crippen molar-refractivity contribution in [3.8, 4) is 0 Å². The van der Waals surface area contributed by atoms with Gasteiger partial charge in [0.25, 0.3) is 11.5 Å². The van der Waals surface area contributed by atoms with Crippen LogP contribution in [0.15, 0.2) is 5.38 Å². The van der Waals surface area contributed by atoms with Crippen LogP contribution in [0.1, 0.15) is 10.7 Å². The first-order valence-corrected chi connectivity index (χ1v) is 4.88. The van der Waals surface area contributed by atoms with Crippen LogP contribution in [0, 0.1) is 6.92 Å². The monoisotopic (exact) mass is 222 g/mol. The van der Waals surface area contributed by atoms with Crippen molar-refractivity contribution in [1.29, 1.82) is 0 Å². The molecule has 0 aliphatic rings. The topological polar surface area (TPSA) is 42.0 Å². The summed E-state index contributed by atoms with van der Waals surface area (Å²) in [5, 5.41) is 4.91. The maximum atomic E-state index is 12.1. The second-order valence-corrected chi connectivity index (χ2v) is 3.73. The number of carbonyl (C=O) groups is 1. The minimum absolute atomic E-state index is 0.227. The van der Waals surface area contributed by atoms with Crippen molar-refractivity contribution in [2.24, 2.45) is 0 Å². The maximum absolute atomic E-state index is 12.1. The first-order valence-electron chi connectivity index (χ1n) is 3.56. The number of halogens is 2. The van der Waals surface area contributed by atoms with Crippen LogP contribution in [0.25, 0.3) is 0 Å². The zero-order chi connectivity index (χ0) is 9.84. The highest BCUT2D eigenvalue weighted by Crippen LogP contribution is 2.08. The van der Waals surface area contributed by atoms with Crippen molar-refractivity contribution in [3.63, 3.8) is 0 Å². The molecule has 0 aliphatic heterocycles. The number of nitrogens with one attached hydrogen (secondary N) is 1. The number of rotatable bonds is 3. The molecule has 1 rings (SSSR count). The van der Waals surface area contributed by atoms with Crippen LogP contribution in [-0.2, 0) is 11.3 Å². The summed E-state index contributed by atoms with van der Waals surface area (Å²) in [6, 6.07) is 0. The Balaban J connectivity index is 2.39. The highest BCUT2D eigenvalue weighted by molar-refractivity contribution is 7.09. The number of aromatic nitrogens is 1. The smallest absolute Gasteiger partial charge is 0.270 e. The van der Waals surface area contributed by atoms with Gasteiger partial charge in [0, 0.05) is 11.1 Å². The molecule has 1 atom stereocenters. The van der Waals surface area contributed by atoms with Gasteiger partial charge in [-0.2, -0.15) is 0 Å². The quantitative estimate of drug-likeness (QED) is 0.790. The lowest BCUT2D eigenvalue weighted by molar-refractivity contribution is -0.123. The van der Waals surface area contributed by atoms with Crippen molar-refractivity contribution >= 4 is 28.8 Å². The van der Waals surface area contributed by atoms with E-state index >= 15 is 0 Å². The van der Waals surface area contributed by atoms with Crippen molar-refractivity contribution < 1.29 is 9.18 Å². The molecule has 1 heterocycles. The molecule has 0 fully saturated rings. The lowest BCUT2D eigenvalue weighted by Crippen LogP contribution is -2.28. The largest absolute Gasteiger partial charge is 0.346 e. The van der Waals surface area contributed by atoms with E-state index in [-0.39, 0.29) is 6.54 Å². The van der Waals surface area contributed by atoms with E-state index in [2.05, 4.69) is 10.3 Å². The minimum atomic E-state index is -1.99. The van der Waals surface area contributed by atoms with Crippen molar-refractivity contribution in [1.82, 2.24) is 10.3 Å². The van der Waals surface area contributed by atoms with Gasteiger partial charge in [0.1, 0.15) is 5.01 Å². The van der Waals surface area contributed by atoms with Gasteiger partial charge in [0.2, 0.25) is 0 Å². The zero-order valence-corrected chi connectivity index (χ0v) is 8.45. The van der Waals surface area contributed by atoms with E-state index in [1.54, 1.807) is 0 Å². The molecule has 6 heteroatoms. The summed E-state index contributed by atoms with van der Waals surface area (Å²) in [4.78, 5) is 14.8. The molecule has 0 radical (unpaired) electrons. The Morgan fingerprint density at radius 3 is 3.08 bits per heavy atom. The zero-order valence-electron chi connectivity index (χ0n) is 6.88. The first kappa shape index (κ1) is 10.4. The third-order valence-electron chi connectivity index (χ3n) is 1.28. The van der Waals surface area contributed by atoms with E-state index in [0.29, 0.717) is 0 Å². The molecule has 1 aromatic heterocycles. The van der Waals surface area contributed by atoms with Crippen LogP contribution >= 0.6 is 22.9 Å². The number of hydrogen-bond acceptors (Lipinski definition) is 3. The molecule has 1 unspecified atom stereocenters. The molecule has 3 nitrogen and oxygen atoms in total. The van der Waals surface area contributed by atoms with Gasteiger partial charge in [-0.1, -0.05) is 11.6 Å². The van der Waals surface area contributed by atoms with E-state index < -0.39 is 11.5 Å². The number of amides is 1. The van der Waals surface area contributed by atoms with E-state index in [1.165, 1.54) is 11.3 Å². The predicted molar refractivity (Wildman–Crippen MR) is 49.4 cm³/mol. The van der Waals surface area contributed by atoms with Crippen LogP contribution in [-0.4, -0.2) is 16.5 Å². The first-order chi connectivity index (χ1) is 6.09. The van der Waals surface area contributed by atoms with Gasteiger partial charge in [-0.3, -0.25) is 4.79 Å². The SMILES string of the molecule is Cc1csc(CNC(=O)C(F)Cl)n1. The fourth-order valence-electron chi connectivity index (χ4n) is 0.724. The lowest BCUT2D eigenvalue weighted by atomic mass is 10.5. The second-order valence-electron chi connectivity index (χ2n) is 2.40. The summed E-state index contributed by atoms with van der Waals surface area (Å²) >= 11 is 6.32. The molecule has 0 spiro atoms. The number of nitrogens with zero attached hydrogens (tertiary/aromatic N) is 1. The number of thiazole rings is 1. The summed E-state index contributed by atoms with van der Waals surface area (Å²) in [6.45, 7) is 2.08. The van der Waals surface area contributed by atoms with Crippen molar-refractivity contribution in [2.45, 2.75) is 19.1 Å². The van der Waals surface area contributed by atoms with Crippen LogP contribution in [0.5, 0.6) is 0 Å². The predicted octanol–water partition coefficient (Wildman–Crippen LogP) is 1.60. The number of hydrogen-bond donors (Lipinski definition) is 1.